The number of carbonyl (C=O) groups is 1. The maximum absolute atomic E-state index is 13.4. The van der Waals surface area contributed by atoms with Crippen molar-refractivity contribution in [1.29, 1.82) is 0 Å². The average molecular weight is 384 g/mol. The van der Waals surface area contributed by atoms with E-state index in [0.29, 0.717) is 6.54 Å². The van der Waals surface area contributed by atoms with E-state index < -0.39 is 0 Å². The van der Waals surface area contributed by atoms with Crippen LogP contribution >= 0.6 is 0 Å². The Balaban J connectivity index is 1.71. The molecule has 1 aliphatic rings. The maximum atomic E-state index is 13.4. The lowest BCUT2D eigenvalue weighted by molar-refractivity contribution is 0.0736. The molecule has 1 aromatic heterocycles. The first kappa shape index (κ1) is 17.7. The molecule has 0 fully saturated rings. The average Bonchev–Trinajstić information content (AvgIpc) is 3.15. The molecule has 0 N–H and O–H groups in total. The van der Waals surface area contributed by atoms with Crippen LogP contribution < -0.4 is 0 Å². The monoisotopic (exact) mass is 384 g/mol. The van der Waals surface area contributed by atoms with Crippen LogP contribution in [0.3, 0.4) is 0 Å². The van der Waals surface area contributed by atoms with Crippen molar-refractivity contribution in [2.45, 2.75) is 19.5 Å². The van der Waals surface area contributed by atoms with Gasteiger partial charge in [-0.2, -0.15) is 0 Å². The van der Waals surface area contributed by atoms with Gasteiger partial charge in [-0.25, -0.2) is 4.39 Å². The highest BCUT2D eigenvalue weighted by Gasteiger charge is 2.39. The number of amides is 1. The van der Waals surface area contributed by atoms with Crippen LogP contribution in [0.4, 0.5) is 4.39 Å². The van der Waals surface area contributed by atoms with Gasteiger partial charge in [-0.05, 0) is 42.3 Å². The summed E-state index contributed by atoms with van der Waals surface area (Å²) < 4.78 is 15.6. The first-order valence-corrected chi connectivity index (χ1v) is 9.74. The second kappa shape index (κ2) is 6.59. The Morgan fingerprint density at radius 1 is 0.931 bits per heavy atom. The summed E-state index contributed by atoms with van der Waals surface area (Å²) in [7, 11) is 2.06. The minimum Gasteiger partial charge on any atom is -0.348 e. The van der Waals surface area contributed by atoms with Crippen LogP contribution in [-0.4, -0.2) is 15.4 Å². The molecule has 144 valence electrons. The van der Waals surface area contributed by atoms with Crippen LogP contribution in [0.5, 0.6) is 0 Å². The van der Waals surface area contributed by atoms with Crippen molar-refractivity contribution in [3.63, 3.8) is 0 Å². The number of nitrogens with zero attached hydrogens (tertiary/aromatic N) is 2. The van der Waals surface area contributed by atoms with Gasteiger partial charge in [0.1, 0.15) is 5.82 Å². The Hall–Kier alpha value is -3.40. The van der Waals surface area contributed by atoms with Crippen molar-refractivity contribution < 1.29 is 9.18 Å². The lowest BCUT2D eigenvalue weighted by atomic mass is 9.95. The molecule has 4 heteroatoms. The van der Waals surface area contributed by atoms with Crippen molar-refractivity contribution in [2.24, 2.45) is 7.05 Å². The van der Waals surface area contributed by atoms with Gasteiger partial charge in [0.05, 0.1) is 6.04 Å². The summed E-state index contributed by atoms with van der Waals surface area (Å²) in [5.74, 6) is -0.256. The van der Waals surface area contributed by atoms with Crippen LogP contribution in [0.1, 0.15) is 38.8 Å². The fraction of sp³-hybridized carbons (Fsp3) is 0.160. The van der Waals surface area contributed by atoms with Crippen LogP contribution in [0.25, 0.3) is 10.9 Å². The second-order valence-corrected chi connectivity index (χ2v) is 7.62. The van der Waals surface area contributed by atoms with Gasteiger partial charge >= 0.3 is 0 Å². The summed E-state index contributed by atoms with van der Waals surface area (Å²) in [6, 6.07) is 22.4. The number of aryl methyl sites for hydroxylation is 1. The topological polar surface area (TPSA) is 25.2 Å². The smallest absolute Gasteiger partial charge is 0.255 e. The molecule has 2 heterocycles. The zero-order valence-corrected chi connectivity index (χ0v) is 16.4. The lowest BCUT2D eigenvalue weighted by Crippen LogP contribution is -2.28. The Morgan fingerprint density at radius 3 is 2.41 bits per heavy atom. The zero-order chi connectivity index (χ0) is 20.1. The number of hydrogen-bond donors (Lipinski definition) is 0. The quantitative estimate of drug-likeness (QED) is 0.466. The highest BCUT2D eigenvalue weighted by atomic mass is 19.1. The van der Waals surface area contributed by atoms with Crippen molar-refractivity contribution >= 4 is 16.8 Å². The fourth-order valence-electron chi connectivity index (χ4n) is 4.53. The molecule has 1 atom stereocenters. The van der Waals surface area contributed by atoms with Gasteiger partial charge in [0.15, 0.2) is 0 Å². The molecule has 1 unspecified atom stereocenters. The normalized spacial score (nSPS) is 15.9. The van der Waals surface area contributed by atoms with Gasteiger partial charge < -0.3 is 9.47 Å². The van der Waals surface area contributed by atoms with Gasteiger partial charge in [-0.1, -0.05) is 48.5 Å². The van der Waals surface area contributed by atoms with E-state index in [1.165, 1.54) is 12.1 Å². The van der Waals surface area contributed by atoms with Gasteiger partial charge in [0.25, 0.3) is 5.91 Å². The number of aromatic nitrogens is 1. The number of fused-ring (bicyclic) bond motifs is 2. The number of carbonyl (C=O) groups excluding carboxylic acids is 1. The van der Waals surface area contributed by atoms with E-state index in [4.69, 9.17) is 0 Å². The van der Waals surface area contributed by atoms with Gasteiger partial charge in [-0.15, -0.1) is 0 Å². The van der Waals surface area contributed by atoms with E-state index in [1.54, 1.807) is 12.1 Å². The van der Waals surface area contributed by atoms with Gasteiger partial charge in [0, 0.05) is 41.3 Å². The van der Waals surface area contributed by atoms with Crippen LogP contribution in [0.2, 0.25) is 0 Å². The molecule has 29 heavy (non-hydrogen) atoms. The van der Waals surface area contributed by atoms with Gasteiger partial charge in [-0.3, -0.25) is 4.79 Å². The molecule has 1 amide bonds. The molecule has 5 rings (SSSR count). The lowest BCUT2D eigenvalue weighted by Gasteiger charge is -2.26. The number of para-hydroxylation sites is 1. The van der Waals surface area contributed by atoms with Gasteiger partial charge in [0.2, 0.25) is 0 Å². The summed E-state index contributed by atoms with van der Waals surface area (Å²) in [6.45, 7) is 2.54. The molecular weight excluding hydrogens is 363 g/mol. The summed E-state index contributed by atoms with van der Waals surface area (Å²) in [5.41, 5.74) is 6.13. The Bertz CT molecular complexity index is 1240. The Morgan fingerprint density at radius 2 is 1.62 bits per heavy atom. The highest BCUT2D eigenvalue weighted by molar-refractivity contribution is 6.01. The molecule has 0 saturated heterocycles. The molecule has 0 bridgehead atoms. The molecule has 0 radical (unpaired) electrons. The minimum atomic E-state index is -0.272. The summed E-state index contributed by atoms with van der Waals surface area (Å²) >= 11 is 0. The third-order valence-electron chi connectivity index (χ3n) is 6.05. The largest absolute Gasteiger partial charge is 0.348 e. The first-order chi connectivity index (χ1) is 14.1. The molecular formula is C25H21FN2O. The molecule has 0 saturated carbocycles. The molecule has 3 nitrogen and oxygen atoms in total. The van der Waals surface area contributed by atoms with E-state index in [-0.39, 0.29) is 17.8 Å². The number of halogens is 1. The van der Waals surface area contributed by atoms with E-state index in [0.717, 1.165) is 38.9 Å². The van der Waals surface area contributed by atoms with Crippen molar-refractivity contribution in [3.8, 4) is 0 Å². The molecule has 0 spiro atoms. The summed E-state index contributed by atoms with van der Waals surface area (Å²) in [4.78, 5) is 15.3. The van der Waals surface area contributed by atoms with E-state index in [1.807, 2.05) is 41.3 Å². The van der Waals surface area contributed by atoms with E-state index >= 15 is 0 Å². The maximum Gasteiger partial charge on any atom is 0.255 e. The van der Waals surface area contributed by atoms with Crippen molar-refractivity contribution in [2.75, 3.05) is 0 Å². The zero-order valence-electron chi connectivity index (χ0n) is 16.4. The van der Waals surface area contributed by atoms with Crippen molar-refractivity contribution in [3.05, 3.63) is 107 Å². The standard InChI is InChI=1S/C25H21FN2O/c1-16-23(21-9-5-6-10-22(21)27(16)2)24-19-7-3-4-8-20(19)25(29)28(24)15-17-11-13-18(26)14-12-17/h3-14,24H,15H2,1-2H3. The number of hydrogen-bond acceptors (Lipinski definition) is 1. The third-order valence-corrected chi connectivity index (χ3v) is 6.05. The summed E-state index contributed by atoms with van der Waals surface area (Å²) in [5, 5.41) is 1.16. The molecule has 4 aromatic rings. The summed E-state index contributed by atoms with van der Waals surface area (Å²) in [6.07, 6.45) is 0. The SMILES string of the molecule is Cc1c(C2c3ccccc3C(=O)N2Cc2ccc(F)cc2)c2ccccc2n1C. The molecule has 3 aromatic carbocycles. The Labute approximate surface area is 169 Å². The highest BCUT2D eigenvalue weighted by Crippen LogP contribution is 2.43. The predicted octanol–water partition coefficient (Wildman–Crippen LogP) is 5.37. The van der Waals surface area contributed by atoms with Crippen LogP contribution in [-0.2, 0) is 13.6 Å². The Kier molecular flexibility index (Phi) is 4.02. The van der Waals surface area contributed by atoms with Crippen LogP contribution in [0, 0.1) is 12.7 Å². The predicted molar refractivity (Wildman–Crippen MR) is 112 cm³/mol. The van der Waals surface area contributed by atoms with Crippen molar-refractivity contribution in [1.82, 2.24) is 9.47 Å². The molecule has 1 aliphatic heterocycles. The van der Waals surface area contributed by atoms with E-state index in [9.17, 15) is 9.18 Å². The first-order valence-electron chi connectivity index (χ1n) is 9.74. The van der Waals surface area contributed by atoms with E-state index in [2.05, 4.69) is 30.7 Å². The molecule has 0 aliphatic carbocycles. The number of benzene rings is 3. The fourth-order valence-corrected chi connectivity index (χ4v) is 4.53. The number of rotatable bonds is 3. The minimum absolute atomic E-state index is 0.0160. The second-order valence-electron chi connectivity index (χ2n) is 7.62. The van der Waals surface area contributed by atoms with Crippen LogP contribution in [0.15, 0.2) is 72.8 Å². The third kappa shape index (κ3) is 2.67.